The monoisotopic (exact) mass is 276 g/mol. The van der Waals surface area contributed by atoms with Crippen LogP contribution in [0.4, 0.5) is 0 Å². The minimum Gasteiger partial charge on any atom is -0.453 e. The van der Waals surface area contributed by atoms with Crippen LogP contribution in [0.1, 0.15) is 40.4 Å². The van der Waals surface area contributed by atoms with Gasteiger partial charge in [-0.2, -0.15) is 0 Å². The highest BCUT2D eigenvalue weighted by atomic mass is 16.3. The highest BCUT2D eigenvalue weighted by molar-refractivity contribution is 6.02. The molecule has 0 fully saturated rings. The first kappa shape index (κ1) is 12.4. The number of hydrogen-bond donors (Lipinski definition) is 0. The van der Waals surface area contributed by atoms with Gasteiger partial charge in [-0.1, -0.05) is 42.5 Å². The molecule has 1 aromatic heterocycles. The van der Waals surface area contributed by atoms with Crippen LogP contribution in [0, 0.1) is 0 Å². The molecule has 1 heterocycles. The Hall–Kier alpha value is -2.35. The second kappa shape index (κ2) is 4.88. The fraction of sp³-hybridized carbons (Fsp3) is 0.211. The van der Waals surface area contributed by atoms with Gasteiger partial charge < -0.3 is 4.42 Å². The summed E-state index contributed by atoms with van der Waals surface area (Å²) in [5.41, 5.74) is 3.26. The molecule has 1 aliphatic rings. The van der Waals surface area contributed by atoms with E-state index in [0.29, 0.717) is 5.76 Å². The second-order valence-corrected chi connectivity index (χ2v) is 5.66. The van der Waals surface area contributed by atoms with Crippen molar-refractivity contribution in [3.63, 3.8) is 0 Å². The molecule has 0 spiro atoms. The van der Waals surface area contributed by atoms with Crippen molar-refractivity contribution >= 4 is 16.8 Å². The van der Waals surface area contributed by atoms with Gasteiger partial charge in [0.15, 0.2) is 5.76 Å². The molecule has 2 heteroatoms. The molecule has 2 aromatic carbocycles. The van der Waals surface area contributed by atoms with E-state index in [0.717, 1.165) is 30.2 Å². The van der Waals surface area contributed by atoms with Crippen molar-refractivity contribution in [3.05, 3.63) is 71.5 Å². The number of rotatable bonds is 2. The molecule has 0 aliphatic heterocycles. The van der Waals surface area contributed by atoms with Gasteiger partial charge in [-0.05, 0) is 42.5 Å². The molecule has 21 heavy (non-hydrogen) atoms. The van der Waals surface area contributed by atoms with Gasteiger partial charge in [-0.15, -0.1) is 0 Å². The molecule has 0 radical (unpaired) electrons. The highest BCUT2D eigenvalue weighted by Gasteiger charge is 2.28. The molecule has 0 bridgehead atoms. The number of carbonyl (C=O) groups is 1. The quantitative estimate of drug-likeness (QED) is 0.633. The van der Waals surface area contributed by atoms with E-state index in [1.54, 1.807) is 0 Å². The van der Waals surface area contributed by atoms with Crippen molar-refractivity contribution in [2.45, 2.75) is 25.2 Å². The first-order chi connectivity index (χ1) is 10.3. The van der Waals surface area contributed by atoms with Gasteiger partial charge in [-0.25, -0.2) is 0 Å². The van der Waals surface area contributed by atoms with Crippen molar-refractivity contribution in [1.29, 1.82) is 0 Å². The van der Waals surface area contributed by atoms with Gasteiger partial charge in [0.25, 0.3) is 0 Å². The number of para-hydroxylation sites is 1. The Morgan fingerprint density at radius 1 is 1.05 bits per heavy atom. The molecular weight excluding hydrogens is 260 g/mol. The van der Waals surface area contributed by atoms with E-state index in [1.807, 2.05) is 42.5 Å². The molecule has 1 atom stereocenters. The zero-order valence-corrected chi connectivity index (χ0v) is 11.7. The summed E-state index contributed by atoms with van der Waals surface area (Å²) >= 11 is 0. The number of furan rings is 1. The lowest BCUT2D eigenvalue weighted by Crippen LogP contribution is -2.18. The van der Waals surface area contributed by atoms with Crippen molar-refractivity contribution < 1.29 is 9.21 Å². The van der Waals surface area contributed by atoms with E-state index in [-0.39, 0.29) is 11.7 Å². The topological polar surface area (TPSA) is 30.2 Å². The Morgan fingerprint density at radius 3 is 2.76 bits per heavy atom. The number of carbonyl (C=O) groups excluding carboxylic acids is 1. The lowest BCUT2D eigenvalue weighted by molar-refractivity contribution is 0.0925. The minimum absolute atomic E-state index is 0.0597. The number of hydrogen-bond acceptors (Lipinski definition) is 2. The zero-order valence-electron chi connectivity index (χ0n) is 11.7. The maximum atomic E-state index is 12.8. The van der Waals surface area contributed by atoms with Crippen LogP contribution in [0.2, 0.25) is 0 Å². The molecule has 1 aliphatic carbocycles. The summed E-state index contributed by atoms with van der Waals surface area (Å²) in [5, 5.41) is 0.991. The van der Waals surface area contributed by atoms with Crippen LogP contribution in [0.3, 0.4) is 0 Å². The predicted octanol–water partition coefficient (Wildman–Crippen LogP) is 4.74. The largest absolute Gasteiger partial charge is 0.453 e. The maximum Gasteiger partial charge on any atom is 0.205 e. The third-order valence-electron chi connectivity index (χ3n) is 4.35. The van der Waals surface area contributed by atoms with E-state index in [2.05, 4.69) is 12.1 Å². The van der Waals surface area contributed by atoms with Crippen LogP contribution in [-0.2, 0) is 6.42 Å². The second-order valence-electron chi connectivity index (χ2n) is 5.66. The van der Waals surface area contributed by atoms with Gasteiger partial charge >= 0.3 is 0 Å². The number of aryl methyl sites for hydroxylation is 1. The van der Waals surface area contributed by atoms with Gasteiger partial charge in [0, 0.05) is 5.39 Å². The van der Waals surface area contributed by atoms with Gasteiger partial charge in [0.2, 0.25) is 5.78 Å². The number of Topliss-reactive ketones (excluding diaryl/α,β-unsaturated/α-hetero) is 1. The average Bonchev–Trinajstić information content (AvgIpc) is 2.97. The number of benzene rings is 2. The maximum absolute atomic E-state index is 12.8. The molecule has 0 saturated heterocycles. The van der Waals surface area contributed by atoms with Crippen LogP contribution < -0.4 is 0 Å². The normalized spacial score (nSPS) is 17.6. The molecule has 0 saturated carbocycles. The van der Waals surface area contributed by atoms with E-state index in [9.17, 15) is 4.79 Å². The fourth-order valence-corrected chi connectivity index (χ4v) is 3.30. The number of ketones is 1. The Kier molecular flexibility index (Phi) is 2.88. The third kappa shape index (κ3) is 2.07. The Balaban J connectivity index is 1.75. The van der Waals surface area contributed by atoms with Crippen molar-refractivity contribution in [3.8, 4) is 0 Å². The summed E-state index contributed by atoms with van der Waals surface area (Å²) in [7, 11) is 0. The summed E-state index contributed by atoms with van der Waals surface area (Å²) in [6.07, 6.45) is 3.04. The van der Waals surface area contributed by atoms with E-state index >= 15 is 0 Å². The van der Waals surface area contributed by atoms with Crippen molar-refractivity contribution in [2.75, 3.05) is 0 Å². The van der Waals surface area contributed by atoms with Crippen LogP contribution >= 0.6 is 0 Å². The van der Waals surface area contributed by atoms with Gasteiger partial charge in [0.1, 0.15) is 5.58 Å². The smallest absolute Gasteiger partial charge is 0.205 e. The molecule has 2 nitrogen and oxygen atoms in total. The molecular formula is C19H16O2. The molecule has 104 valence electrons. The molecule has 3 aromatic rings. The lowest BCUT2D eigenvalue weighted by atomic mass is 9.80. The average molecular weight is 276 g/mol. The van der Waals surface area contributed by atoms with Crippen LogP contribution in [0.25, 0.3) is 11.0 Å². The zero-order chi connectivity index (χ0) is 14.2. The van der Waals surface area contributed by atoms with E-state index < -0.39 is 0 Å². The summed E-state index contributed by atoms with van der Waals surface area (Å²) < 4.78 is 5.75. The summed E-state index contributed by atoms with van der Waals surface area (Å²) in [4.78, 5) is 12.8. The molecule has 4 rings (SSSR count). The van der Waals surface area contributed by atoms with Gasteiger partial charge in [-0.3, -0.25) is 4.79 Å². The van der Waals surface area contributed by atoms with Crippen LogP contribution in [0.5, 0.6) is 0 Å². The summed E-state index contributed by atoms with van der Waals surface area (Å²) in [5.74, 6) is 0.534. The van der Waals surface area contributed by atoms with Crippen LogP contribution in [-0.4, -0.2) is 5.78 Å². The summed E-state index contributed by atoms with van der Waals surface area (Å²) in [6, 6.07) is 17.9. The summed E-state index contributed by atoms with van der Waals surface area (Å²) in [6.45, 7) is 0. The Labute approximate surface area is 123 Å². The van der Waals surface area contributed by atoms with Crippen LogP contribution in [0.15, 0.2) is 59.0 Å². The SMILES string of the molecule is O=C(c1cc2ccccc2o1)C1CCCc2ccccc21. The van der Waals surface area contributed by atoms with E-state index in [1.165, 1.54) is 11.1 Å². The third-order valence-corrected chi connectivity index (χ3v) is 4.35. The predicted molar refractivity (Wildman–Crippen MR) is 82.7 cm³/mol. The Bertz CT molecular complexity index is 780. The first-order valence-corrected chi connectivity index (χ1v) is 7.43. The highest BCUT2D eigenvalue weighted by Crippen LogP contribution is 2.35. The first-order valence-electron chi connectivity index (χ1n) is 7.43. The molecule has 1 unspecified atom stereocenters. The standard InChI is InChI=1S/C19H16O2/c20-19(18-12-14-7-2-4-11-17(14)21-18)16-10-5-8-13-6-1-3-9-15(13)16/h1-4,6-7,9,11-12,16H,5,8,10H2. The Morgan fingerprint density at radius 2 is 1.86 bits per heavy atom. The van der Waals surface area contributed by atoms with E-state index in [4.69, 9.17) is 4.42 Å². The van der Waals surface area contributed by atoms with Crippen molar-refractivity contribution in [1.82, 2.24) is 0 Å². The van der Waals surface area contributed by atoms with Gasteiger partial charge in [0.05, 0.1) is 5.92 Å². The fourth-order valence-electron chi connectivity index (χ4n) is 3.30. The molecule has 0 N–H and O–H groups in total. The molecule has 0 amide bonds. The van der Waals surface area contributed by atoms with Crippen molar-refractivity contribution in [2.24, 2.45) is 0 Å². The number of fused-ring (bicyclic) bond motifs is 2. The minimum atomic E-state index is -0.0597. The lowest BCUT2D eigenvalue weighted by Gasteiger charge is -2.23.